The highest BCUT2D eigenvalue weighted by Gasteiger charge is 1.85. The van der Waals surface area contributed by atoms with Gasteiger partial charge in [0.05, 0.1) is 12.4 Å². The summed E-state index contributed by atoms with van der Waals surface area (Å²) >= 11 is 0. The zero-order valence-corrected chi connectivity index (χ0v) is 3.93. The molecule has 7 heavy (non-hydrogen) atoms. The van der Waals surface area contributed by atoms with Gasteiger partial charge >= 0.3 is 0 Å². The minimum Gasteiger partial charge on any atom is -0.151 e. The lowest BCUT2D eigenvalue weighted by atomic mass is 10.4. The molecule has 0 atom stereocenters. The van der Waals surface area contributed by atoms with Gasteiger partial charge in [-0.2, -0.15) is 5.10 Å². The Hall–Kier alpha value is -0.860. The van der Waals surface area contributed by atoms with Crippen LogP contribution in [0.25, 0.3) is 0 Å². The van der Waals surface area contributed by atoms with Crippen molar-refractivity contribution < 1.29 is 4.48 Å². The molecule has 0 aliphatic carbocycles. The third kappa shape index (κ3) is 0.765. The zero-order valence-electron chi connectivity index (χ0n) is 3.93. The molecule has 38 valence electrons. The van der Waals surface area contributed by atoms with E-state index in [-0.39, 0.29) is 4.90 Å². The first-order valence-electron chi connectivity index (χ1n) is 1.96. The van der Waals surface area contributed by atoms with E-state index in [1.807, 2.05) is 0 Å². The Labute approximate surface area is 40.5 Å². The van der Waals surface area contributed by atoms with E-state index in [4.69, 9.17) is 0 Å². The van der Waals surface area contributed by atoms with Crippen molar-refractivity contribution in [2.45, 2.75) is 6.92 Å². The van der Waals surface area contributed by atoms with Gasteiger partial charge in [-0.1, -0.05) is 4.48 Å². The molecule has 0 saturated carbocycles. The Bertz CT molecular complexity index is 142. The number of halogens is 1. The van der Waals surface area contributed by atoms with Crippen molar-refractivity contribution in [1.82, 2.24) is 10.0 Å². The van der Waals surface area contributed by atoms with Crippen LogP contribution in [0.15, 0.2) is 12.4 Å². The van der Waals surface area contributed by atoms with Gasteiger partial charge in [-0.25, -0.2) is 0 Å². The van der Waals surface area contributed by atoms with Crippen molar-refractivity contribution in [3.63, 3.8) is 0 Å². The van der Waals surface area contributed by atoms with Crippen molar-refractivity contribution in [1.29, 1.82) is 0 Å². The number of rotatable bonds is 0. The quantitative estimate of drug-likeness (QED) is 0.474. The monoisotopic (exact) mass is 100 g/mol. The minimum absolute atomic E-state index is 0.287. The van der Waals surface area contributed by atoms with Crippen LogP contribution < -0.4 is 0 Å². The maximum Gasteiger partial charge on any atom is 0.0638 e. The zero-order chi connectivity index (χ0) is 5.28. The molecular weight excluding hydrogens is 95.1 g/mol. The summed E-state index contributed by atoms with van der Waals surface area (Å²) in [6.45, 7) is 1.78. The molecule has 0 aliphatic heterocycles. The molecule has 1 rings (SSSR count). The van der Waals surface area contributed by atoms with E-state index >= 15 is 0 Å². The van der Waals surface area contributed by atoms with Crippen molar-refractivity contribution >= 4 is 0 Å². The third-order valence-corrected chi connectivity index (χ3v) is 0.682. The predicted molar refractivity (Wildman–Crippen MR) is 23.5 cm³/mol. The van der Waals surface area contributed by atoms with Crippen LogP contribution in [0.5, 0.6) is 0 Å². The van der Waals surface area contributed by atoms with Gasteiger partial charge in [-0.05, 0) is 12.5 Å². The fourth-order valence-electron chi connectivity index (χ4n) is 0.381. The van der Waals surface area contributed by atoms with Crippen LogP contribution in [0.1, 0.15) is 5.56 Å². The molecule has 1 aromatic heterocycles. The topological polar surface area (TPSA) is 17.8 Å². The molecular formula is C4H5FN2. The van der Waals surface area contributed by atoms with Gasteiger partial charge in [0, 0.05) is 0 Å². The first-order valence-corrected chi connectivity index (χ1v) is 1.96. The second-order valence-corrected chi connectivity index (χ2v) is 1.41. The molecule has 0 aliphatic rings. The van der Waals surface area contributed by atoms with E-state index in [0.717, 1.165) is 5.56 Å². The Morgan fingerprint density at radius 2 is 2.57 bits per heavy atom. The highest BCUT2D eigenvalue weighted by molar-refractivity contribution is 4.97. The lowest BCUT2D eigenvalue weighted by molar-refractivity contribution is 0.316. The summed E-state index contributed by atoms with van der Waals surface area (Å²) < 4.78 is 11.7. The van der Waals surface area contributed by atoms with Crippen molar-refractivity contribution in [3.8, 4) is 0 Å². The lowest BCUT2D eigenvalue weighted by Gasteiger charge is -1.71. The van der Waals surface area contributed by atoms with Crippen LogP contribution in [-0.4, -0.2) is 10.0 Å². The number of aromatic nitrogens is 2. The van der Waals surface area contributed by atoms with E-state index in [9.17, 15) is 4.48 Å². The van der Waals surface area contributed by atoms with Crippen LogP contribution in [0, 0.1) is 6.92 Å². The van der Waals surface area contributed by atoms with Crippen LogP contribution in [0.2, 0.25) is 0 Å². The van der Waals surface area contributed by atoms with Gasteiger partial charge in [-0.3, -0.25) is 0 Å². The van der Waals surface area contributed by atoms with Gasteiger partial charge in [0.25, 0.3) is 0 Å². The first-order chi connectivity index (χ1) is 3.29. The number of hydrogen-bond acceptors (Lipinski definition) is 1. The average molecular weight is 100 g/mol. The number of nitrogens with zero attached hydrogens (tertiary/aromatic N) is 2. The Balaban J connectivity index is 3.04. The fraction of sp³-hybridized carbons (Fsp3) is 0.250. The van der Waals surface area contributed by atoms with Crippen molar-refractivity contribution in [2.75, 3.05) is 0 Å². The average Bonchev–Trinajstić information content (AvgIpc) is 1.87. The molecule has 0 N–H and O–H groups in total. The predicted octanol–water partition coefficient (Wildman–Crippen LogP) is 0.924. The summed E-state index contributed by atoms with van der Waals surface area (Å²) in [5.41, 5.74) is 0.836. The smallest absolute Gasteiger partial charge is 0.0638 e. The van der Waals surface area contributed by atoms with E-state index in [1.165, 1.54) is 12.4 Å². The SMILES string of the molecule is Cc1cnn(F)c1. The number of hydrogen-bond donors (Lipinski definition) is 0. The summed E-state index contributed by atoms with van der Waals surface area (Å²) in [4.78, 5) is 0.287. The molecule has 0 unspecified atom stereocenters. The summed E-state index contributed by atoms with van der Waals surface area (Å²) in [5, 5.41) is 3.27. The van der Waals surface area contributed by atoms with Gasteiger partial charge < -0.3 is 0 Å². The van der Waals surface area contributed by atoms with Gasteiger partial charge in [-0.15, -0.1) is 4.90 Å². The molecule has 3 heteroatoms. The fourth-order valence-corrected chi connectivity index (χ4v) is 0.381. The molecule has 2 nitrogen and oxygen atoms in total. The van der Waals surface area contributed by atoms with Gasteiger partial charge in [0.2, 0.25) is 0 Å². The second kappa shape index (κ2) is 1.33. The Morgan fingerprint density at radius 1 is 1.86 bits per heavy atom. The van der Waals surface area contributed by atoms with E-state index in [0.29, 0.717) is 0 Å². The van der Waals surface area contributed by atoms with E-state index in [1.54, 1.807) is 6.92 Å². The Morgan fingerprint density at radius 3 is 2.71 bits per heavy atom. The molecule has 0 aromatic carbocycles. The molecule has 1 aromatic rings. The largest absolute Gasteiger partial charge is 0.151 e. The second-order valence-electron chi connectivity index (χ2n) is 1.41. The molecule has 0 fully saturated rings. The molecule has 0 saturated heterocycles. The van der Waals surface area contributed by atoms with Gasteiger partial charge in [0.1, 0.15) is 0 Å². The molecule has 0 spiro atoms. The summed E-state index contributed by atoms with van der Waals surface area (Å²) in [6.07, 6.45) is 2.76. The normalized spacial score (nSPS) is 9.43. The van der Waals surface area contributed by atoms with E-state index < -0.39 is 0 Å². The summed E-state index contributed by atoms with van der Waals surface area (Å²) in [5.74, 6) is 0. The van der Waals surface area contributed by atoms with Crippen molar-refractivity contribution in [3.05, 3.63) is 18.0 Å². The third-order valence-electron chi connectivity index (χ3n) is 0.682. The molecule has 0 radical (unpaired) electrons. The molecule has 1 heterocycles. The van der Waals surface area contributed by atoms with Crippen molar-refractivity contribution in [2.24, 2.45) is 0 Å². The van der Waals surface area contributed by atoms with Crippen LogP contribution in [0.3, 0.4) is 0 Å². The number of aryl methyl sites for hydroxylation is 1. The molecule has 0 bridgehead atoms. The molecule has 0 amide bonds. The maximum absolute atomic E-state index is 11.7. The summed E-state index contributed by atoms with van der Waals surface area (Å²) in [7, 11) is 0. The van der Waals surface area contributed by atoms with Crippen LogP contribution >= 0.6 is 0 Å². The van der Waals surface area contributed by atoms with E-state index in [2.05, 4.69) is 5.10 Å². The lowest BCUT2D eigenvalue weighted by Crippen LogP contribution is -1.76. The minimum atomic E-state index is 0.287. The Kier molecular flexibility index (Phi) is 0.817. The summed E-state index contributed by atoms with van der Waals surface area (Å²) in [6, 6.07) is 0. The highest BCUT2D eigenvalue weighted by atomic mass is 19.2. The van der Waals surface area contributed by atoms with Gasteiger partial charge in [0.15, 0.2) is 0 Å². The first kappa shape index (κ1) is 4.30. The standard InChI is InChI=1S/C4H5FN2/c1-4-2-6-7(5)3-4/h2-3H,1H3. The highest BCUT2D eigenvalue weighted by Crippen LogP contribution is 1.91. The van der Waals surface area contributed by atoms with Crippen LogP contribution in [0.4, 0.5) is 4.48 Å². The maximum atomic E-state index is 11.7. The van der Waals surface area contributed by atoms with Crippen LogP contribution in [-0.2, 0) is 0 Å².